The van der Waals surface area contributed by atoms with Gasteiger partial charge in [0.2, 0.25) is 0 Å². The van der Waals surface area contributed by atoms with Crippen molar-refractivity contribution in [2.45, 2.75) is 6.42 Å². The molecule has 0 aliphatic carbocycles. The maximum atomic E-state index is 11.7. The van der Waals surface area contributed by atoms with E-state index in [-0.39, 0.29) is 12.2 Å². The maximum absolute atomic E-state index is 11.7. The summed E-state index contributed by atoms with van der Waals surface area (Å²) in [6.07, 6.45) is 4.61. The van der Waals surface area contributed by atoms with E-state index in [1.165, 1.54) is 30.1 Å². The highest BCUT2D eigenvalue weighted by Gasteiger charge is 2.09. The molecule has 0 amide bonds. The molecule has 2 aromatic rings. The first-order valence-corrected chi connectivity index (χ1v) is 5.12. The van der Waals surface area contributed by atoms with Crippen LogP contribution in [0.15, 0.2) is 24.1 Å². The molecule has 0 aromatic carbocycles. The first kappa shape index (κ1) is 9.72. The molecule has 0 aliphatic heterocycles. The molecule has 76 valence electrons. The quantitative estimate of drug-likeness (QED) is 0.778. The van der Waals surface area contributed by atoms with Gasteiger partial charge in [0.25, 0.3) is 0 Å². The molecular formula is C9H8N4OS. The van der Waals surface area contributed by atoms with E-state index in [0.29, 0.717) is 16.4 Å². The van der Waals surface area contributed by atoms with Gasteiger partial charge in [-0.05, 0) is 0 Å². The molecule has 6 heteroatoms. The molecule has 0 unspecified atom stereocenters. The molecule has 0 fully saturated rings. The van der Waals surface area contributed by atoms with Crippen molar-refractivity contribution in [2.75, 3.05) is 5.73 Å². The Hall–Kier alpha value is -1.82. The maximum Gasteiger partial charge on any atom is 0.180 e. The highest BCUT2D eigenvalue weighted by Crippen LogP contribution is 2.12. The number of rotatable bonds is 3. The molecule has 2 rings (SSSR count). The normalized spacial score (nSPS) is 10.1. The number of carbonyl (C=O) groups excluding carboxylic acids is 1. The smallest absolute Gasteiger partial charge is 0.180 e. The largest absolute Gasteiger partial charge is 0.375 e. The lowest BCUT2D eigenvalue weighted by Crippen LogP contribution is -2.04. The van der Waals surface area contributed by atoms with Crippen LogP contribution >= 0.6 is 11.3 Å². The zero-order valence-corrected chi connectivity index (χ0v) is 8.57. The van der Waals surface area contributed by atoms with Gasteiger partial charge >= 0.3 is 0 Å². The Morgan fingerprint density at radius 1 is 1.40 bits per heavy atom. The Morgan fingerprint density at radius 2 is 2.13 bits per heavy atom. The van der Waals surface area contributed by atoms with E-state index >= 15 is 0 Å². The summed E-state index contributed by atoms with van der Waals surface area (Å²) >= 11 is 1.32. The summed E-state index contributed by atoms with van der Waals surface area (Å²) in [5.41, 5.74) is 6.64. The molecule has 2 heterocycles. The predicted molar refractivity (Wildman–Crippen MR) is 56.6 cm³/mol. The molecule has 0 saturated carbocycles. The van der Waals surface area contributed by atoms with Crippen LogP contribution in [0, 0.1) is 0 Å². The monoisotopic (exact) mass is 220 g/mol. The average molecular weight is 220 g/mol. The zero-order chi connectivity index (χ0) is 10.7. The summed E-state index contributed by atoms with van der Waals surface area (Å²) < 4.78 is 0. The van der Waals surface area contributed by atoms with Gasteiger partial charge in [0.1, 0.15) is 6.33 Å². The number of anilines is 1. The molecule has 0 bridgehead atoms. The number of ketones is 1. The Labute approximate surface area is 90.0 Å². The molecule has 0 radical (unpaired) electrons. The molecule has 2 aromatic heterocycles. The first-order valence-electron chi connectivity index (χ1n) is 4.24. The zero-order valence-electron chi connectivity index (χ0n) is 7.75. The van der Waals surface area contributed by atoms with Gasteiger partial charge < -0.3 is 5.73 Å². The van der Waals surface area contributed by atoms with Gasteiger partial charge in [0.15, 0.2) is 10.9 Å². The van der Waals surface area contributed by atoms with E-state index in [0.717, 1.165) is 0 Å². The fraction of sp³-hybridized carbons (Fsp3) is 0.111. The summed E-state index contributed by atoms with van der Waals surface area (Å²) in [6, 6.07) is 0. The van der Waals surface area contributed by atoms with E-state index in [9.17, 15) is 4.79 Å². The van der Waals surface area contributed by atoms with Gasteiger partial charge in [-0.1, -0.05) is 0 Å². The number of hydrogen-bond donors (Lipinski definition) is 1. The lowest BCUT2D eigenvalue weighted by atomic mass is 10.1. The number of thiazole rings is 1. The van der Waals surface area contributed by atoms with Crippen LogP contribution in [-0.2, 0) is 6.42 Å². The number of carbonyl (C=O) groups is 1. The predicted octanol–water partition coefficient (Wildman–Crippen LogP) is 0.941. The minimum atomic E-state index is -0.0547. The Balaban J connectivity index is 2.11. The van der Waals surface area contributed by atoms with Crippen LogP contribution in [0.25, 0.3) is 0 Å². The SMILES string of the molecule is Nc1nc(CC(=O)c2cncnc2)cs1. The summed E-state index contributed by atoms with van der Waals surface area (Å²) in [5, 5.41) is 2.25. The summed E-state index contributed by atoms with van der Waals surface area (Å²) in [4.78, 5) is 23.2. The third kappa shape index (κ3) is 2.35. The molecule has 0 aliphatic rings. The number of Topliss-reactive ketones (excluding diaryl/α,β-unsaturated/α-hetero) is 1. The van der Waals surface area contributed by atoms with Gasteiger partial charge in [-0.25, -0.2) is 15.0 Å². The van der Waals surface area contributed by atoms with Crippen LogP contribution in [-0.4, -0.2) is 20.7 Å². The number of nitrogens with two attached hydrogens (primary N) is 1. The van der Waals surface area contributed by atoms with Crippen molar-refractivity contribution in [1.29, 1.82) is 0 Å². The molecular weight excluding hydrogens is 212 g/mol. The second kappa shape index (κ2) is 4.14. The van der Waals surface area contributed by atoms with Crippen LogP contribution < -0.4 is 5.73 Å². The van der Waals surface area contributed by atoms with Gasteiger partial charge in [0, 0.05) is 17.8 Å². The van der Waals surface area contributed by atoms with Crippen LogP contribution in [0.4, 0.5) is 5.13 Å². The number of nitrogens with zero attached hydrogens (tertiary/aromatic N) is 3. The Bertz CT molecular complexity index is 468. The van der Waals surface area contributed by atoms with Crippen molar-refractivity contribution in [1.82, 2.24) is 15.0 Å². The first-order chi connectivity index (χ1) is 7.25. The van der Waals surface area contributed by atoms with Gasteiger partial charge in [-0.2, -0.15) is 0 Å². The highest BCUT2D eigenvalue weighted by atomic mass is 32.1. The Morgan fingerprint density at radius 3 is 2.73 bits per heavy atom. The topological polar surface area (TPSA) is 81.8 Å². The van der Waals surface area contributed by atoms with Crippen LogP contribution in [0.1, 0.15) is 16.1 Å². The summed E-state index contributed by atoms with van der Waals surface area (Å²) in [7, 11) is 0. The minimum Gasteiger partial charge on any atom is -0.375 e. The van der Waals surface area contributed by atoms with Crippen LogP contribution in [0.2, 0.25) is 0 Å². The molecule has 2 N–H and O–H groups in total. The van der Waals surface area contributed by atoms with E-state index in [1.807, 2.05) is 0 Å². The molecule has 5 nitrogen and oxygen atoms in total. The minimum absolute atomic E-state index is 0.0547. The average Bonchev–Trinajstić information content (AvgIpc) is 2.65. The lowest BCUT2D eigenvalue weighted by Gasteiger charge is -1.96. The third-order valence-electron chi connectivity index (χ3n) is 1.79. The summed E-state index contributed by atoms with van der Waals surface area (Å²) in [5.74, 6) is -0.0547. The van der Waals surface area contributed by atoms with Crippen molar-refractivity contribution in [3.8, 4) is 0 Å². The van der Waals surface area contributed by atoms with Gasteiger partial charge in [0.05, 0.1) is 17.7 Å². The second-order valence-corrected chi connectivity index (χ2v) is 3.79. The van der Waals surface area contributed by atoms with Crippen molar-refractivity contribution >= 4 is 22.3 Å². The van der Waals surface area contributed by atoms with Gasteiger partial charge in [-0.15, -0.1) is 11.3 Å². The molecule has 0 spiro atoms. The Kier molecular flexibility index (Phi) is 2.68. The standard InChI is InChI=1S/C9H8N4OS/c10-9-13-7(4-15-9)1-8(14)6-2-11-5-12-3-6/h2-5H,1H2,(H2,10,13). The van der Waals surface area contributed by atoms with Crippen molar-refractivity contribution in [3.05, 3.63) is 35.4 Å². The second-order valence-electron chi connectivity index (χ2n) is 2.90. The highest BCUT2D eigenvalue weighted by molar-refractivity contribution is 7.13. The molecule has 0 atom stereocenters. The number of hydrogen-bond acceptors (Lipinski definition) is 6. The van der Waals surface area contributed by atoms with Crippen LogP contribution in [0.3, 0.4) is 0 Å². The fourth-order valence-corrected chi connectivity index (χ4v) is 1.68. The third-order valence-corrected chi connectivity index (χ3v) is 2.52. The van der Waals surface area contributed by atoms with Crippen LogP contribution in [0.5, 0.6) is 0 Å². The number of nitrogen functional groups attached to an aromatic ring is 1. The number of aromatic nitrogens is 3. The van der Waals surface area contributed by atoms with E-state index < -0.39 is 0 Å². The van der Waals surface area contributed by atoms with Gasteiger partial charge in [-0.3, -0.25) is 4.79 Å². The van der Waals surface area contributed by atoms with Crippen molar-refractivity contribution < 1.29 is 4.79 Å². The van der Waals surface area contributed by atoms with Crippen molar-refractivity contribution in [3.63, 3.8) is 0 Å². The molecule has 0 saturated heterocycles. The van der Waals surface area contributed by atoms with E-state index in [1.54, 1.807) is 5.38 Å². The summed E-state index contributed by atoms with van der Waals surface area (Å²) in [6.45, 7) is 0. The van der Waals surface area contributed by atoms with Crippen molar-refractivity contribution in [2.24, 2.45) is 0 Å². The molecule has 15 heavy (non-hydrogen) atoms. The van der Waals surface area contributed by atoms with E-state index in [2.05, 4.69) is 15.0 Å². The fourth-order valence-electron chi connectivity index (χ4n) is 1.11. The lowest BCUT2D eigenvalue weighted by molar-refractivity contribution is 0.0991. The van der Waals surface area contributed by atoms with E-state index in [4.69, 9.17) is 5.73 Å².